The summed E-state index contributed by atoms with van der Waals surface area (Å²) in [6.45, 7) is 3.07. The predicted octanol–water partition coefficient (Wildman–Crippen LogP) is 3.99. The lowest BCUT2D eigenvalue weighted by Gasteiger charge is -2.26. The number of carbonyl (C=O) groups is 1. The molecule has 5 nitrogen and oxygen atoms in total. The van der Waals surface area contributed by atoms with E-state index in [2.05, 4.69) is 5.32 Å². The summed E-state index contributed by atoms with van der Waals surface area (Å²) in [4.78, 5) is 12.7. The van der Waals surface area contributed by atoms with Gasteiger partial charge in [0.05, 0.1) is 5.69 Å². The quantitative estimate of drug-likeness (QED) is 0.816. The van der Waals surface area contributed by atoms with Gasteiger partial charge in [-0.05, 0) is 36.5 Å². The Balaban J connectivity index is 1.75. The normalized spacial score (nSPS) is 16.6. The molecule has 144 valence electrons. The Morgan fingerprint density at radius 2 is 1.63 bits per heavy atom. The number of rotatable bonds is 6. The Morgan fingerprint density at radius 1 is 1.00 bits per heavy atom. The average Bonchev–Trinajstić information content (AvgIpc) is 2.69. The molecule has 1 heterocycles. The summed E-state index contributed by atoms with van der Waals surface area (Å²) in [6.07, 6.45) is 3.11. The summed E-state index contributed by atoms with van der Waals surface area (Å²) in [6, 6.07) is 16.5. The first-order chi connectivity index (χ1) is 13.0. The Morgan fingerprint density at radius 3 is 2.33 bits per heavy atom. The number of hydrogen-bond acceptors (Lipinski definition) is 3. The van der Waals surface area contributed by atoms with Crippen LogP contribution >= 0.6 is 0 Å². The number of piperidine rings is 1. The standard InChI is InChI=1S/C21H26N2O3S/c1-17(18-10-4-2-5-11-18)16-21(24)22-19-12-6-7-13-20(19)27(25,26)23-14-8-3-9-15-23/h2,4-7,10-13,17H,3,8-9,14-16H2,1H3,(H,22,24). The predicted molar refractivity (Wildman–Crippen MR) is 107 cm³/mol. The number of carbonyl (C=O) groups excluding carboxylic acids is 1. The van der Waals surface area contributed by atoms with E-state index in [0.717, 1.165) is 24.8 Å². The van der Waals surface area contributed by atoms with Crippen LogP contribution in [0.5, 0.6) is 0 Å². The van der Waals surface area contributed by atoms with E-state index in [9.17, 15) is 13.2 Å². The van der Waals surface area contributed by atoms with Crippen molar-refractivity contribution < 1.29 is 13.2 Å². The monoisotopic (exact) mass is 386 g/mol. The molecule has 2 aromatic carbocycles. The molecule has 0 radical (unpaired) electrons. The van der Waals surface area contributed by atoms with E-state index in [4.69, 9.17) is 0 Å². The van der Waals surface area contributed by atoms with Gasteiger partial charge in [-0.15, -0.1) is 0 Å². The van der Waals surface area contributed by atoms with Crippen LogP contribution in [0.25, 0.3) is 0 Å². The second kappa shape index (κ2) is 8.67. The first kappa shape index (κ1) is 19.6. The van der Waals surface area contributed by atoms with E-state index in [0.29, 0.717) is 25.2 Å². The second-order valence-electron chi connectivity index (χ2n) is 7.02. The zero-order valence-corrected chi connectivity index (χ0v) is 16.4. The topological polar surface area (TPSA) is 66.5 Å². The summed E-state index contributed by atoms with van der Waals surface area (Å²) in [5, 5.41) is 2.81. The van der Waals surface area contributed by atoms with Crippen molar-refractivity contribution in [2.24, 2.45) is 0 Å². The molecule has 27 heavy (non-hydrogen) atoms. The molecular weight excluding hydrogens is 360 g/mol. The van der Waals surface area contributed by atoms with Gasteiger partial charge in [0.25, 0.3) is 0 Å². The minimum Gasteiger partial charge on any atom is -0.325 e. The van der Waals surface area contributed by atoms with Crippen LogP contribution < -0.4 is 5.32 Å². The highest BCUT2D eigenvalue weighted by Crippen LogP contribution is 2.27. The molecule has 1 aliphatic rings. The molecule has 1 N–H and O–H groups in total. The number of nitrogens with one attached hydrogen (secondary N) is 1. The maximum atomic E-state index is 13.0. The van der Waals surface area contributed by atoms with Crippen molar-refractivity contribution in [3.8, 4) is 0 Å². The molecule has 1 unspecified atom stereocenters. The Kier molecular flexibility index (Phi) is 6.29. The minimum atomic E-state index is -3.60. The van der Waals surface area contributed by atoms with Crippen LogP contribution in [0.4, 0.5) is 5.69 Å². The third kappa shape index (κ3) is 4.76. The fourth-order valence-corrected chi connectivity index (χ4v) is 5.08. The Labute approximate surface area is 161 Å². The fourth-order valence-electron chi connectivity index (χ4n) is 3.42. The third-order valence-corrected chi connectivity index (χ3v) is 6.91. The third-order valence-electron chi connectivity index (χ3n) is 4.95. The molecule has 3 rings (SSSR count). The molecule has 1 saturated heterocycles. The summed E-state index contributed by atoms with van der Waals surface area (Å²) >= 11 is 0. The van der Waals surface area contributed by atoms with Crippen LogP contribution in [0.15, 0.2) is 59.5 Å². The van der Waals surface area contributed by atoms with Crippen molar-refractivity contribution in [3.63, 3.8) is 0 Å². The zero-order valence-electron chi connectivity index (χ0n) is 15.6. The van der Waals surface area contributed by atoms with Gasteiger partial charge in [-0.25, -0.2) is 8.42 Å². The number of para-hydroxylation sites is 1. The van der Waals surface area contributed by atoms with Gasteiger partial charge >= 0.3 is 0 Å². The summed E-state index contributed by atoms with van der Waals surface area (Å²) in [7, 11) is -3.60. The summed E-state index contributed by atoms with van der Waals surface area (Å²) in [5.41, 5.74) is 1.44. The van der Waals surface area contributed by atoms with Crippen LogP contribution in [-0.4, -0.2) is 31.7 Å². The van der Waals surface area contributed by atoms with Gasteiger partial charge in [-0.2, -0.15) is 4.31 Å². The fraction of sp³-hybridized carbons (Fsp3) is 0.381. The number of hydrogen-bond donors (Lipinski definition) is 1. The molecule has 6 heteroatoms. The largest absolute Gasteiger partial charge is 0.325 e. The van der Waals surface area contributed by atoms with Crippen LogP contribution in [0.2, 0.25) is 0 Å². The van der Waals surface area contributed by atoms with E-state index in [1.807, 2.05) is 37.3 Å². The van der Waals surface area contributed by atoms with E-state index < -0.39 is 10.0 Å². The van der Waals surface area contributed by atoms with Crippen molar-refractivity contribution in [1.82, 2.24) is 4.31 Å². The van der Waals surface area contributed by atoms with E-state index >= 15 is 0 Å². The molecule has 0 spiro atoms. The number of nitrogens with zero attached hydrogens (tertiary/aromatic N) is 1. The van der Waals surface area contributed by atoms with Gasteiger partial charge in [-0.3, -0.25) is 4.79 Å². The highest BCUT2D eigenvalue weighted by molar-refractivity contribution is 7.89. The maximum Gasteiger partial charge on any atom is 0.245 e. The maximum absolute atomic E-state index is 13.0. The highest BCUT2D eigenvalue weighted by Gasteiger charge is 2.28. The van der Waals surface area contributed by atoms with Crippen LogP contribution in [-0.2, 0) is 14.8 Å². The SMILES string of the molecule is CC(CC(=O)Nc1ccccc1S(=O)(=O)N1CCCCC1)c1ccccc1. The number of sulfonamides is 1. The number of benzene rings is 2. The lowest BCUT2D eigenvalue weighted by atomic mass is 9.97. The number of amides is 1. The van der Waals surface area contributed by atoms with Gasteiger partial charge < -0.3 is 5.32 Å². The Bertz CT molecular complexity index is 875. The van der Waals surface area contributed by atoms with Gasteiger partial charge in [0.1, 0.15) is 4.90 Å². The molecule has 1 amide bonds. The lowest BCUT2D eigenvalue weighted by Crippen LogP contribution is -2.36. The van der Waals surface area contributed by atoms with Gasteiger partial charge in [0.2, 0.25) is 15.9 Å². The van der Waals surface area contributed by atoms with Crippen molar-refractivity contribution in [1.29, 1.82) is 0 Å². The molecule has 0 saturated carbocycles. The second-order valence-corrected chi connectivity index (χ2v) is 8.93. The molecule has 2 aromatic rings. The van der Waals surface area contributed by atoms with Gasteiger partial charge in [0, 0.05) is 19.5 Å². The van der Waals surface area contributed by atoms with Crippen molar-refractivity contribution >= 4 is 21.6 Å². The van der Waals surface area contributed by atoms with E-state index in [-0.39, 0.29) is 16.7 Å². The summed E-state index contributed by atoms with van der Waals surface area (Å²) < 4.78 is 27.5. The molecule has 0 bridgehead atoms. The zero-order chi connectivity index (χ0) is 19.3. The van der Waals surface area contributed by atoms with Crippen LogP contribution in [0.1, 0.15) is 44.1 Å². The molecule has 1 fully saturated rings. The first-order valence-electron chi connectivity index (χ1n) is 9.42. The van der Waals surface area contributed by atoms with Crippen molar-refractivity contribution in [3.05, 3.63) is 60.2 Å². The highest BCUT2D eigenvalue weighted by atomic mass is 32.2. The van der Waals surface area contributed by atoms with Crippen molar-refractivity contribution in [2.75, 3.05) is 18.4 Å². The molecule has 0 aromatic heterocycles. The smallest absolute Gasteiger partial charge is 0.245 e. The van der Waals surface area contributed by atoms with E-state index in [1.54, 1.807) is 24.3 Å². The van der Waals surface area contributed by atoms with E-state index in [1.165, 1.54) is 4.31 Å². The molecular formula is C21H26N2O3S. The number of anilines is 1. The summed E-state index contributed by atoms with van der Waals surface area (Å²) in [5.74, 6) is -0.135. The van der Waals surface area contributed by atoms with Gasteiger partial charge in [0.15, 0.2) is 0 Å². The molecule has 1 atom stereocenters. The lowest BCUT2D eigenvalue weighted by molar-refractivity contribution is -0.116. The minimum absolute atomic E-state index is 0.0528. The van der Waals surface area contributed by atoms with Crippen LogP contribution in [0.3, 0.4) is 0 Å². The molecule has 0 aliphatic carbocycles. The molecule has 1 aliphatic heterocycles. The van der Waals surface area contributed by atoms with Crippen molar-refractivity contribution in [2.45, 2.75) is 43.4 Å². The van der Waals surface area contributed by atoms with Gasteiger partial charge in [-0.1, -0.05) is 55.8 Å². The first-order valence-corrected chi connectivity index (χ1v) is 10.9. The average molecular weight is 387 g/mol. The van der Waals surface area contributed by atoms with Crippen LogP contribution in [0, 0.1) is 0 Å². The Hall–Kier alpha value is -2.18.